The molecule has 1 unspecified atom stereocenters. The summed E-state index contributed by atoms with van der Waals surface area (Å²) in [6.07, 6.45) is 2.34. The van der Waals surface area contributed by atoms with Crippen molar-refractivity contribution in [2.24, 2.45) is 5.92 Å². The first-order valence-electron chi connectivity index (χ1n) is 7.67. The van der Waals surface area contributed by atoms with Crippen LogP contribution in [0.2, 0.25) is 0 Å². The maximum absolute atomic E-state index is 12.2. The van der Waals surface area contributed by atoms with Crippen molar-refractivity contribution in [1.82, 2.24) is 4.90 Å². The van der Waals surface area contributed by atoms with Gasteiger partial charge in [0.15, 0.2) is 0 Å². The zero-order valence-electron chi connectivity index (χ0n) is 13.3. The molecular weight excluding hydrogens is 264 g/mol. The molecule has 2 rings (SSSR count). The number of nitrogens with zero attached hydrogens (tertiary/aromatic N) is 1. The average Bonchev–Trinajstić information content (AvgIpc) is 2.43. The number of carbonyl (C=O) groups is 1. The molecule has 0 spiro atoms. The first-order valence-corrected chi connectivity index (χ1v) is 7.67. The highest BCUT2D eigenvalue weighted by molar-refractivity contribution is 5.92. The Labute approximate surface area is 127 Å². The van der Waals surface area contributed by atoms with Gasteiger partial charge in [-0.05, 0) is 62.4 Å². The molecule has 1 fully saturated rings. The van der Waals surface area contributed by atoms with E-state index >= 15 is 0 Å². The van der Waals surface area contributed by atoms with E-state index in [1.54, 1.807) is 7.11 Å². The number of carbonyl (C=O) groups excluding carboxylic acids is 1. The van der Waals surface area contributed by atoms with Gasteiger partial charge in [-0.2, -0.15) is 0 Å². The van der Waals surface area contributed by atoms with Gasteiger partial charge in [0.1, 0.15) is 0 Å². The third-order valence-electron chi connectivity index (χ3n) is 4.16. The summed E-state index contributed by atoms with van der Waals surface area (Å²) in [6, 6.07) is 6.03. The first kappa shape index (κ1) is 16.0. The number of methoxy groups -OCH3 is 1. The number of anilines is 1. The molecule has 1 aliphatic rings. The van der Waals surface area contributed by atoms with E-state index in [4.69, 9.17) is 4.74 Å². The molecule has 1 N–H and O–H groups in total. The summed E-state index contributed by atoms with van der Waals surface area (Å²) >= 11 is 0. The molecule has 1 amide bonds. The van der Waals surface area contributed by atoms with Gasteiger partial charge in [0, 0.05) is 19.3 Å². The fourth-order valence-electron chi connectivity index (χ4n) is 2.89. The van der Waals surface area contributed by atoms with Gasteiger partial charge in [-0.3, -0.25) is 9.69 Å². The van der Waals surface area contributed by atoms with Crippen molar-refractivity contribution in [3.05, 3.63) is 29.3 Å². The highest BCUT2D eigenvalue weighted by Gasteiger charge is 2.21. The van der Waals surface area contributed by atoms with Crippen molar-refractivity contribution in [1.29, 1.82) is 0 Å². The van der Waals surface area contributed by atoms with Crippen molar-refractivity contribution >= 4 is 11.6 Å². The normalized spacial score (nSPS) is 19.5. The van der Waals surface area contributed by atoms with Crippen LogP contribution < -0.4 is 5.32 Å². The molecular formula is C17H26N2O2. The monoisotopic (exact) mass is 290 g/mol. The Hall–Kier alpha value is -1.39. The van der Waals surface area contributed by atoms with Crippen LogP contribution in [0, 0.1) is 19.8 Å². The SMILES string of the molecule is COCC1CCCN(CC(=O)Nc2ccc(C)c(C)c2)C1. The molecule has 4 nitrogen and oxygen atoms in total. The lowest BCUT2D eigenvalue weighted by atomic mass is 9.99. The minimum absolute atomic E-state index is 0.0660. The van der Waals surface area contributed by atoms with Crippen LogP contribution in [0.1, 0.15) is 24.0 Å². The summed E-state index contributed by atoms with van der Waals surface area (Å²) in [4.78, 5) is 14.4. The molecule has 0 bridgehead atoms. The third kappa shape index (κ3) is 4.83. The second kappa shape index (κ2) is 7.57. The quantitative estimate of drug-likeness (QED) is 0.906. The van der Waals surface area contributed by atoms with E-state index in [2.05, 4.69) is 24.1 Å². The maximum atomic E-state index is 12.2. The molecule has 0 radical (unpaired) electrons. The van der Waals surface area contributed by atoms with Crippen LogP contribution in [0.25, 0.3) is 0 Å². The number of nitrogens with one attached hydrogen (secondary N) is 1. The van der Waals surface area contributed by atoms with Gasteiger partial charge in [0.2, 0.25) is 5.91 Å². The highest BCUT2D eigenvalue weighted by atomic mass is 16.5. The highest BCUT2D eigenvalue weighted by Crippen LogP contribution is 2.17. The number of rotatable bonds is 5. The molecule has 1 atom stereocenters. The lowest BCUT2D eigenvalue weighted by Gasteiger charge is -2.31. The average molecular weight is 290 g/mol. The van der Waals surface area contributed by atoms with Crippen LogP contribution >= 0.6 is 0 Å². The Morgan fingerprint density at radius 2 is 2.19 bits per heavy atom. The summed E-state index contributed by atoms with van der Waals surface area (Å²) in [5.74, 6) is 0.620. The van der Waals surface area contributed by atoms with Gasteiger partial charge in [0.25, 0.3) is 0 Å². The Morgan fingerprint density at radius 1 is 1.38 bits per heavy atom. The van der Waals surface area contributed by atoms with E-state index < -0.39 is 0 Å². The number of amides is 1. The second-order valence-corrected chi connectivity index (χ2v) is 6.05. The number of ether oxygens (including phenoxy) is 1. The van der Waals surface area contributed by atoms with Crippen molar-refractivity contribution in [2.75, 3.05) is 38.7 Å². The van der Waals surface area contributed by atoms with E-state index in [-0.39, 0.29) is 5.91 Å². The van der Waals surface area contributed by atoms with Gasteiger partial charge >= 0.3 is 0 Å². The van der Waals surface area contributed by atoms with Gasteiger partial charge in [-0.15, -0.1) is 0 Å². The van der Waals surface area contributed by atoms with E-state index in [0.717, 1.165) is 31.8 Å². The number of hydrogen-bond acceptors (Lipinski definition) is 3. The molecule has 0 saturated carbocycles. The summed E-state index contributed by atoms with van der Waals surface area (Å²) < 4.78 is 5.23. The standard InChI is InChI=1S/C17H26N2O2/c1-13-6-7-16(9-14(13)2)18-17(20)11-19-8-4-5-15(10-19)12-21-3/h6-7,9,15H,4-5,8,10-12H2,1-3H3,(H,18,20). The van der Waals surface area contributed by atoms with Crippen molar-refractivity contribution < 1.29 is 9.53 Å². The first-order chi connectivity index (χ1) is 10.1. The van der Waals surface area contributed by atoms with E-state index in [1.165, 1.54) is 17.5 Å². The molecule has 1 saturated heterocycles. The van der Waals surface area contributed by atoms with E-state index in [9.17, 15) is 4.79 Å². The lowest BCUT2D eigenvalue weighted by molar-refractivity contribution is -0.117. The maximum Gasteiger partial charge on any atom is 0.238 e. The summed E-state index contributed by atoms with van der Waals surface area (Å²) in [5, 5.41) is 2.99. The fourth-order valence-corrected chi connectivity index (χ4v) is 2.89. The molecule has 1 heterocycles. The van der Waals surface area contributed by atoms with Crippen LogP contribution in [0.3, 0.4) is 0 Å². The smallest absolute Gasteiger partial charge is 0.238 e. The molecule has 4 heteroatoms. The van der Waals surface area contributed by atoms with Crippen LogP contribution in [0.4, 0.5) is 5.69 Å². The summed E-state index contributed by atoms with van der Waals surface area (Å²) in [7, 11) is 1.74. The molecule has 1 aliphatic heterocycles. The van der Waals surface area contributed by atoms with Crippen molar-refractivity contribution in [3.63, 3.8) is 0 Å². The lowest BCUT2D eigenvalue weighted by Crippen LogP contribution is -2.41. The van der Waals surface area contributed by atoms with Crippen molar-refractivity contribution in [3.8, 4) is 0 Å². The molecule has 1 aromatic carbocycles. The van der Waals surface area contributed by atoms with E-state index in [0.29, 0.717) is 12.5 Å². The largest absolute Gasteiger partial charge is 0.384 e. The van der Waals surface area contributed by atoms with Crippen LogP contribution in [-0.4, -0.2) is 44.2 Å². The molecule has 116 valence electrons. The van der Waals surface area contributed by atoms with Crippen LogP contribution in [0.15, 0.2) is 18.2 Å². The number of hydrogen-bond donors (Lipinski definition) is 1. The molecule has 21 heavy (non-hydrogen) atoms. The number of likely N-dealkylation sites (tertiary alicyclic amines) is 1. The van der Waals surface area contributed by atoms with Crippen LogP contribution in [0.5, 0.6) is 0 Å². The van der Waals surface area contributed by atoms with Gasteiger partial charge in [-0.1, -0.05) is 6.07 Å². The second-order valence-electron chi connectivity index (χ2n) is 6.05. The van der Waals surface area contributed by atoms with Gasteiger partial charge < -0.3 is 10.1 Å². The van der Waals surface area contributed by atoms with Crippen LogP contribution in [-0.2, 0) is 9.53 Å². The van der Waals surface area contributed by atoms with Gasteiger partial charge in [-0.25, -0.2) is 0 Å². The third-order valence-corrected chi connectivity index (χ3v) is 4.16. The zero-order valence-corrected chi connectivity index (χ0v) is 13.3. The van der Waals surface area contributed by atoms with Gasteiger partial charge in [0.05, 0.1) is 13.2 Å². The number of aryl methyl sites for hydroxylation is 2. The number of piperidine rings is 1. The topological polar surface area (TPSA) is 41.6 Å². The molecule has 0 aliphatic carbocycles. The Balaban J connectivity index is 1.84. The fraction of sp³-hybridized carbons (Fsp3) is 0.588. The van der Waals surface area contributed by atoms with Crippen molar-refractivity contribution in [2.45, 2.75) is 26.7 Å². The summed E-state index contributed by atoms with van der Waals surface area (Å²) in [6.45, 7) is 7.34. The Bertz CT molecular complexity index is 486. The summed E-state index contributed by atoms with van der Waals surface area (Å²) in [5.41, 5.74) is 3.32. The minimum Gasteiger partial charge on any atom is -0.384 e. The Morgan fingerprint density at radius 3 is 2.90 bits per heavy atom. The number of benzene rings is 1. The zero-order chi connectivity index (χ0) is 15.2. The predicted molar refractivity (Wildman–Crippen MR) is 85.6 cm³/mol. The predicted octanol–water partition coefficient (Wildman–Crippen LogP) is 2.60. The van der Waals surface area contributed by atoms with E-state index in [1.807, 2.05) is 18.2 Å². The minimum atomic E-state index is 0.0660. The Kier molecular flexibility index (Phi) is 5.76. The molecule has 0 aromatic heterocycles. The molecule has 1 aromatic rings.